The van der Waals surface area contributed by atoms with Gasteiger partial charge in [-0.1, -0.05) is 54.1 Å². The van der Waals surface area contributed by atoms with Crippen molar-refractivity contribution < 1.29 is 0 Å². The van der Waals surface area contributed by atoms with Gasteiger partial charge in [-0.3, -0.25) is 4.99 Å². The van der Waals surface area contributed by atoms with E-state index in [0.717, 1.165) is 29.6 Å². The second-order valence-corrected chi connectivity index (χ2v) is 6.77. The van der Waals surface area contributed by atoms with Crippen molar-refractivity contribution in [3.05, 3.63) is 76.8 Å². The van der Waals surface area contributed by atoms with Crippen LogP contribution < -0.4 is 15.5 Å². The van der Waals surface area contributed by atoms with Crippen LogP contribution in [0.15, 0.2) is 65.7 Å². The zero-order valence-electron chi connectivity index (χ0n) is 15.2. The number of nitrogens with one attached hydrogen (secondary N) is 2. The van der Waals surface area contributed by atoms with Crippen LogP contribution in [0.4, 0.5) is 5.69 Å². The lowest BCUT2D eigenvalue weighted by atomic mass is 10.1. The summed E-state index contributed by atoms with van der Waals surface area (Å²) in [5, 5.41) is 7.54. The van der Waals surface area contributed by atoms with Gasteiger partial charge in [-0.15, -0.1) is 0 Å². The molecule has 3 rings (SSSR count). The lowest BCUT2D eigenvalue weighted by molar-refractivity contribution is 0.685. The Morgan fingerprint density at radius 2 is 1.92 bits per heavy atom. The van der Waals surface area contributed by atoms with Gasteiger partial charge in [0.05, 0.1) is 6.04 Å². The Bertz CT molecular complexity index is 792. The summed E-state index contributed by atoms with van der Waals surface area (Å²) in [6.07, 6.45) is 4.40. The molecule has 1 unspecified atom stereocenters. The largest absolute Gasteiger partial charge is 0.364 e. The van der Waals surface area contributed by atoms with Crippen LogP contribution in [-0.4, -0.2) is 26.1 Å². The summed E-state index contributed by atoms with van der Waals surface area (Å²) in [4.78, 5) is 6.67. The lowest BCUT2D eigenvalue weighted by Crippen LogP contribution is -2.38. The second-order valence-electron chi connectivity index (χ2n) is 6.36. The van der Waals surface area contributed by atoms with Crippen molar-refractivity contribution in [2.24, 2.45) is 4.99 Å². The molecule has 2 N–H and O–H groups in total. The van der Waals surface area contributed by atoms with Crippen LogP contribution in [0.25, 0.3) is 0 Å². The summed E-state index contributed by atoms with van der Waals surface area (Å²) < 4.78 is 0. The molecule has 1 aliphatic heterocycles. The Morgan fingerprint density at radius 3 is 2.65 bits per heavy atom. The average molecular weight is 369 g/mol. The highest BCUT2D eigenvalue weighted by atomic mass is 35.5. The van der Waals surface area contributed by atoms with Crippen LogP contribution >= 0.6 is 11.6 Å². The first-order valence-corrected chi connectivity index (χ1v) is 9.25. The Kier molecular flexibility index (Phi) is 6.18. The summed E-state index contributed by atoms with van der Waals surface area (Å²) >= 11 is 6.29. The number of benzene rings is 2. The van der Waals surface area contributed by atoms with Crippen LogP contribution in [0.1, 0.15) is 24.1 Å². The Morgan fingerprint density at radius 1 is 1.15 bits per heavy atom. The molecule has 4 nitrogen and oxygen atoms in total. The van der Waals surface area contributed by atoms with Gasteiger partial charge in [-0.2, -0.15) is 0 Å². The van der Waals surface area contributed by atoms with E-state index in [9.17, 15) is 0 Å². The van der Waals surface area contributed by atoms with Crippen LogP contribution in [0.2, 0.25) is 5.02 Å². The topological polar surface area (TPSA) is 39.7 Å². The van der Waals surface area contributed by atoms with Gasteiger partial charge in [0, 0.05) is 37.4 Å². The van der Waals surface area contributed by atoms with Gasteiger partial charge >= 0.3 is 0 Å². The molecule has 136 valence electrons. The van der Waals surface area contributed by atoms with Gasteiger partial charge in [-0.25, -0.2) is 0 Å². The molecule has 2 aromatic carbocycles. The summed E-state index contributed by atoms with van der Waals surface area (Å²) in [6.45, 7) is 4.75. The highest BCUT2D eigenvalue weighted by Crippen LogP contribution is 2.22. The van der Waals surface area contributed by atoms with E-state index in [1.807, 2.05) is 24.3 Å². The van der Waals surface area contributed by atoms with E-state index in [1.165, 1.54) is 11.3 Å². The first-order valence-electron chi connectivity index (χ1n) is 8.88. The van der Waals surface area contributed by atoms with Crippen LogP contribution in [-0.2, 0) is 6.54 Å². The molecule has 2 aromatic rings. The van der Waals surface area contributed by atoms with Crippen LogP contribution in [0.3, 0.4) is 0 Å². The monoisotopic (exact) mass is 368 g/mol. The molecule has 1 atom stereocenters. The van der Waals surface area contributed by atoms with E-state index in [4.69, 9.17) is 11.6 Å². The second kappa shape index (κ2) is 8.77. The molecule has 1 heterocycles. The molecule has 0 aromatic heterocycles. The first-order chi connectivity index (χ1) is 12.7. The van der Waals surface area contributed by atoms with Crippen molar-refractivity contribution in [3.63, 3.8) is 0 Å². The van der Waals surface area contributed by atoms with Crippen molar-refractivity contribution >= 4 is 23.2 Å². The van der Waals surface area contributed by atoms with Gasteiger partial charge in [-0.05, 0) is 36.2 Å². The predicted octanol–water partition coefficient (Wildman–Crippen LogP) is 4.14. The maximum absolute atomic E-state index is 6.29. The quantitative estimate of drug-likeness (QED) is 0.473. The van der Waals surface area contributed by atoms with E-state index < -0.39 is 0 Å². The molecule has 0 fully saturated rings. The SMILES string of the molecule is CN=C(NCc1cccc(N2CC=CC2)c1)NC(C)c1ccccc1Cl. The Balaban J connectivity index is 1.59. The number of halogens is 1. The fourth-order valence-corrected chi connectivity index (χ4v) is 3.34. The van der Waals surface area contributed by atoms with Crippen molar-refractivity contribution in [2.75, 3.05) is 25.0 Å². The molecule has 0 aliphatic carbocycles. The molecule has 0 amide bonds. The van der Waals surface area contributed by atoms with E-state index in [1.54, 1.807) is 7.05 Å². The number of hydrogen-bond donors (Lipinski definition) is 2. The van der Waals surface area contributed by atoms with Crippen molar-refractivity contribution in [1.82, 2.24) is 10.6 Å². The van der Waals surface area contributed by atoms with Gasteiger partial charge in [0.1, 0.15) is 0 Å². The van der Waals surface area contributed by atoms with E-state index in [0.29, 0.717) is 6.54 Å². The third-order valence-electron chi connectivity index (χ3n) is 4.50. The van der Waals surface area contributed by atoms with Gasteiger partial charge in [0.2, 0.25) is 0 Å². The summed E-state index contributed by atoms with van der Waals surface area (Å²) in [5.74, 6) is 0.755. The number of rotatable bonds is 5. The molecule has 1 aliphatic rings. The molecule has 5 heteroatoms. The Labute approximate surface area is 160 Å². The van der Waals surface area contributed by atoms with E-state index in [2.05, 4.69) is 63.9 Å². The number of guanidine groups is 1. The smallest absolute Gasteiger partial charge is 0.191 e. The predicted molar refractivity (Wildman–Crippen MR) is 111 cm³/mol. The summed E-state index contributed by atoms with van der Waals surface area (Å²) in [7, 11) is 1.78. The molecule has 0 bridgehead atoms. The highest BCUT2D eigenvalue weighted by molar-refractivity contribution is 6.31. The highest BCUT2D eigenvalue weighted by Gasteiger charge is 2.11. The van der Waals surface area contributed by atoms with E-state index >= 15 is 0 Å². The van der Waals surface area contributed by atoms with Gasteiger partial charge in [0.25, 0.3) is 0 Å². The standard InChI is InChI=1S/C21H25ClN4/c1-16(19-10-3-4-11-20(19)22)25-21(23-2)24-15-17-8-7-9-18(14-17)26-12-5-6-13-26/h3-11,14,16H,12-13,15H2,1-2H3,(H2,23,24,25). The molecule has 0 spiro atoms. The molecule has 0 saturated carbocycles. The van der Waals surface area contributed by atoms with Crippen LogP contribution in [0.5, 0.6) is 0 Å². The molecule has 26 heavy (non-hydrogen) atoms. The number of hydrogen-bond acceptors (Lipinski definition) is 2. The molecular formula is C21H25ClN4. The van der Waals surface area contributed by atoms with Gasteiger partial charge < -0.3 is 15.5 Å². The molecular weight excluding hydrogens is 344 g/mol. The normalized spacial score (nSPS) is 15.2. The van der Waals surface area contributed by atoms with E-state index in [-0.39, 0.29) is 6.04 Å². The third-order valence-corrected chi connectivity index (χ3v) is 4.85. The minimum atomic E-state index is 0.0666. The van der Waals surface area contributed by atoms with Crippen molar-refractivity contribution in [3.8, 4) is 0 Å². The zero-order valence-corrected chi connectivity index (χ0v) is 16.0. The Hall–Kier alpha value is -2.46. The van der Waals surface area contributed by atoms with Gasteiger partial charge in [0.15, 0.2) is 5.96 Å². The lowest BCUT2D eigenvalue weighted by Gasteiger charge is -2.20. The number of nitrogens with zero attached hydrogens (tertiary/aromatic N) is 2. The maximum atomic E-state index is 6.29. The average Bonchev–Trinajstić information content (AvgIpc) is 3.20. The molecule has 0 saturated heterocycles. The minimum Gasteiger partial charge on any atom is -0.364 e. The fraction of sp³-hybridized carbons (Fsp3) is 0.286. The maximum Gasteiger partial charge on any atom is 0.191 e. The minimum absolute atomic E-state index is 0.0666. The fourth-order valence-electron chi connectivity index (χ4n) is 3.04. The third kappa shape index (κ3) is 4.58. The van der Waals surface area contributed by atoms with Crippen LogP contribution in [0, 0.1) is 0 Å². The molecule has 0 radical (unpaired) electrons. The zero-order chi connectivity index (χ0) is 18.4. The number of anilines is 1. The van der Waals surface area contributed by atoms with Crippen molar-refractivity contribution in [1.29, 1.82) is 0 Å². The summed E-state index contributed by atoms with van der Waals surface area (Å²) in [6, 6.07) is 16.6. The first kappa shape index (κ1) is 18.3. The van der Waals surface area contributed by atoms with Crippen molar-refractivity contribution in [2.45, 2.75) is 19.5 Å². The summed E-state index contributed by atoms with van der Waals surface area (Å²) in [5.41, 5.74) is 3.53. The number of aliphatic imine (C=N–C) groups is 1.